The van der Waals surface area contributed by atoms with Crippen LogP contribution in [-0.4, -0.2) is 21.2 Å². The third kappa shape index (κ3) is 1.37. The number of nitrogens with zero attached hydrogens (tertiary/aromatic N) is 2. The molecule has 0 aliphatic heterocycles. The van der Waals surface area contributed by atoms with E-state index in [0.29, 0.717) is 5.69 Å². The summed E-state index contributed by atoms with van der Waals surface area (Å²) < 4.78 is 1.51. The Morgan fingerprint density at radius 3 is 2.57 bits per heavy atom. The van der Waals surface area contributed by atoms with Crippen LogP contribution < -0.4 is 0 Å². The van der Waals surface area contributed by atoms with Gasteiger partial charge >= 0.3 is 0 Å². The van der Waals surface area contributed by atoms with Crippen LogP contribution >= 0.6 is 0 Å². The summed E-state index contributed by atoms with van der Waals surface area (Å²) in [5.74, 6) is 0.188. The summed E-state index contributed by atoms with van der Waals surface area (Å²) >= 11 is 0. The summed E-state index contributed by atoms with van der Waals surface area (Å²) in [7, 11) is 0. The molecule has 2 aromatic rings. The molecule has 2 rings (SSSR count). The van der Waals surface area contributed by atoms with Crippen molar-refractivity contribution in [3.63, 3.8) is 0 Å². The van der Waals surface area contributed by atoms with Crippen LogP contribution in [0.4, 0.5) is 0 Å². The lowest BCUT2D eigenvalue weighted by atomic mass is 10.3. The van der Waals surface area contributed by atoms with Crippen molar-refractivity contribution in [1.82, 2.24) is 9.78 Å². The third-order valence-corrected chi connectivity index (χ3v) is 1.89. The number of carbonyl (C=O) groups is 1. The van der Waals surface area contributed by atoms with Gasteiger partial charge in [0.05, 0.1) is 11.9 Å². The molecule has 4 nitrogen and oxygen atoms in total. The highest BCUT2D eigenvalue weighted by atomic mass is 16.3. The second-order valence-electron chi connectivity index (χ2n) is 2.80. The normalized spacial score (nSPS) is 10.0. The van der Waals surface area contributed by atoms with Gasteiger partial charge in [-0.15, -0.1) is 0 Å². The molecule has 0 aliphatic carbocycles. The molecule has 1 aromatic heterocycles. The van der Waals surface area contributed by atoms with Crippen LogP contribution in [0.3, 0.4) is 0 Å². The maximum atomic E-state index is 10.6. The van der Waals surface area contributed by atoms with E-state index in [9.17, 15) is 4.79 Å². The van der Waals surface area contributed by atoms with Crippen LogP contribution in [0, 0.1) is 0 Å². The van der Waals surface area contributed by atoms with Crippen molar-refractivity contribution >= 4 is 6.29 Å². The zero-order valence-electron chi connectivity index (χ0n) is 7.29. The van der Waals surface area contributed by atoms with Crippen LogP contribution in [0.2, 0.25) is 0 Å². The Hall–Kier alpha value is -2.10. The van der Waals surface area contributed by atoms with Crippen molar-refractivity contribution in [2.75, 3.05) is 0 Å². The molecule has 4 heteroatoms. The van der Waals surface area contributed by atoms with E-state index >= 15 is 0 Å². The average molecular weight is 188 g/mol. The number of aromatic hydroxyl groups is 1. The van der Waals surface area contributed by atoms with Gasteiger partial charge < -0.3 is 5.11 Å². The topological polar surface area (TPSA) is 55.1 Å². The van der Waals surface area contributed by atoms with Crippen molar-refractivity contribution in [3.05, 3.63) is 42.2 Å². The van der Waals surface area contributed by atoms with Crippen molar-refractivity contribution in [2.45, 2.75) is 0 Å². The minimum Gasteiger partial charge on any atom is -0.508 e. The summed E-state index contributed by atoms with van der Waals surface area (Å²) in [5.41, 5.74) is 1.23. The van der Waals surface area contributed by atoms with Gasteiger partial charge in [-0.3, -0.25) is 4.79 Å². The molecule has 0 spiro atoms. The zero-order chi connectivity index (χ0) is 9.97. The largest absolute Gasteiger partial charge is 0.508 e. The van der Waals surface area contributed by atoms with Gasteiger partial charge in [-0.1, -0.05) is 0 Å². The number of carbonyl (C=O) groups excluding carboxylic acids is 1. The Labute approximate surface area is 80.4 Å². The molecule has 0 aliphatic rings. The molecule has 0 bridgehead atoms. The summed E-state index contributed by atoms with van der Waals surface area (Å²) in [4.78, 5) is 10.6. The predicted octanol–water partition coefficient (Wildman–Crippen LogP) is 1.39. The number of benzene rings is 1. The van der Waals surface area contributed by atoms with Crippen LogP contribution in [0.1, 0.15) is 10.5 Å². The van der Waals surface area contributed by atoms with E-state index in [1.54, 1.807) is 36.5 Å². The number of hydrogen-bond acceptors (Lipinski definition) is 3. The lowest BCUT2D eigenvalue weighted by Crippen LogP contribution is -2.00. The molecule has 70 valence electrons. The smallest absolute Gasteiger partial charge is 0.168 e. The molecular formula is C10H8N2O2. The lowest BCUT2D eigenvalue weighted by molar-refractivity contribution is 0.111. The molecule has 1 aromatic carbocycles. The highest BCUT2D eigenvalue weighted by Crippen LogP contribution is 2.13. The van der Waals surface area contributed by atoms with Crippen molar-refractivity contribution in [2.24, 2.45) is 0 Å². The fourth-order valence-electron chi connectivity index (χ4n) is 1.21. The van der Waals surface area contributed by atoms with E-state index in [-0.39, 0.29) is 5.75 Å². The molecule has 0 amide bonds. The molecule has 0 atom stereocenters. The number of phenols is 1. The molecule has 0 radical (unpaired) electrons. The average Bonchev–Trinajstić information content (AvgIpc) is 2.67. The van der Waals surface area contributed by atoms with E-state index in [2.05, 4.69) is 5.10 Å². The van der Waals surface area contributed by atoms with Gasteiger partial charge in [0.1, 0.15) is 11.4 Å². The monoisotopic (exact) mass is 188 g/mol. The van der Waals surface area contributed by atoms with Gasteiger partial charge in [-0.2, -0.15) is 5.10 Å². The van der Waals surface area contributed by atoms with E-state index in [1.165, 1.54) is 4.68 Å². The van der Waals surface area contributed by atoms with E-state index in [1.807, 2.05) is 0 Å². The Morgan fingerprint density at radius 1 is 1.21 bits per heavy atom. The molecule has 0 fully saturated rings. The highest BCUT2D eigenvalue weighted by molar-refractivity contribution is 5.73. The quantitative estimate of drug-likeness (QED) is 0.724. The highest BCUT2D eigenvalue weighted by Gasteiger charge is 2.02. The van der Waals surface area contributed by atoms with Crippen LogP contribution in [0.15, 0.2) is 36.5 Å². The molecule has 14 heavy (non-hydrogen) atoms. The van der Waals surface area contributed by atoms with Crippen LogP contribution in [-0.2, 0) is 0 Å². The molecule has 0 saturated heterocycles. The zero-order valence-corrected chi connectivity index (χ0v) is 7.29. The summed E-state index contributed by atoms with van der Waals surface area (Å²) in [6.07, 6.45) is 2.29. The minimum atomic E-state index is 0.188. The first-order valence-corrected chi connectivity index (χ1v) is 4.10. The first-order valence-electron chi connectivity index (χ1n) is 4.10. The fraction of sp³-hybridized carbons (Fsp3) is 0. The predicted molar refractivity (Wildman–Crippen MR) is 50.6 cm³/mol. The molecule has 0 unspecified atom stereocenters. The van der Waals surface area contributed by atoms with Crippen LogP contribution in [0.25, 0.3) is 5.69 Å². The molecule has 1 heterocycles. The second kappa shape index (κ2) is 3.33. The summed E-state index contributed by atoms with van der Waals surface area (Å²) in [5, 5.41) is 13.1. The number of hydrogen-bond donors (Lipinski definition) is 1. The Balaban J connectivity index is 2.49. The Bertz CT molecular complexity index is 445. The summed E-state index contributed by atoms with van der Waals surface area (Å²) in [6, 6.07) is 8.10. The second-order valence-corrected chi connectivity index (χ2v) is 2.80. The SMILES string of the molecule is O=Cc1ccnn1-c1ccc(O)cc1. The van der Waals surface area contributed by atoms with Crippen molar-refractivity contribution < 1.29 is 9.90 Å². The van der Waals surface area contributed by atoms with Gasteiger partial charge in [-0.05, 0) is 30.3 Å². The third-order valence-electron chi connectivity index (χ3n) is 1.89. The number of phenolic OH excluding ortho intramolecular Hbond substituents is 1. The maximum Gasteiger partial charge on any atom is 0.168 e. The Kier molecular flexibility index (Phi) is 2.02. The van der Waals surface area contributed by atoms with Gasteiger partial charge in [0.15, 0.2) is 6.29 Å². The molecular weight excluding hydrogens is 180 g/mol. The van der Waals surface area contributed by atoms with Crippen molar-refractivity contribution in [3.8, 4) is 11.4 Å². The molecule has 1 N–H and O–H groups in total. The van der Waals surface area contributed by atoms with E-state index in [4.69, 9.17) is 5.11 Å². The first-order chi connectivity index (χ1) is 6.81. The van der Waals surface area contributed by atoms with E-state index in [0.717, 1.165) is 12.0 Å². The minimum absolute atomic E-state index is 0.188. The van der Waals surface area contributed by atoms with Gasteiger partial charge in [-0.25, -0.2) is 4.68 Å². The van der Waals surface area contributed by atoms with Gasteiger partial charge in [0.25, 0.3) is 0 Å². The van der Waals surface area contributed by atoms with Gasteiger partial charge in [0, 0.05) is 0 Å². The van der Waals surface area contributed by atoms with Crippen LogP contribution in [0.5, 0.6) is 5.75 Å². The Morgan fingerprint density at radius 2 is 1.93 bits per heavy atom. The standard InChI is InChI=1S/C10H8N2O2/c13-7-9-5-6-11-12(9)8-1-3-10(14)4-2-8/h1-7,14H. The fourth-order valence-corrected chi connectivity index (χ4v) is 1.21. The lowest BCUT2D eigenvalue weighted by Gasteiger charge is -2.02. The maximum absolute atomic E-state index is 10.6. The van der Waals surface area contributed by atoms with Crippen molar-refractivity contribution in [1.29, 1.82) is 0 Å². The first kappa shape index (κ1) is 8.50. The molecule has 0 saturated carbocycles. The van der Waals surface area contributed by atoms with Gasteiger partial charge in [0.2, 0.25) is 0 Å². The number of aldehydes is 1. The number of rotatable bonds is 2. The summed E-state index contributed by atoms with van der Waals surface area (Å²) in [6.45, 7) is 0. The number of aromatic nitrogens is 2. The van der Waals surface area contributed by atoms with E-state index < -0.39 is 0 Å².